The van der Waals surface area contributed by atoms with Gasteiger partial charge in [0.1, 0.15) is 0 Å². The molecule has 0 amide bonds. The topological polar surface area (TPSA) is 9.23 Å². The predicted octanol–water partition coefficient (Wildman–Crippen LogP) is 2.76. The molecule has 1 heteroatoms. The maximum atomic E-state index is 4.80. The van der Waals surface area contributed by atoms with Crippen LogP contribution in [-0.2, 0) is 4.74 Å². The van der Waals surface area contributed by atoms with Gasteiger partial charge in [0.2, 0.25) is 0 Å². The first kappa shape index (κ1) is 8.96. The number of hydrogen-bond donors (Lipinski definition) is 0. The van der Waals surface area contributed by atoms with Gasteiger partial charge in [0, 0.05) is 7.11 Å². The summed E-state index contributed by atoms with van der Waals surface area (Å²) in [5.74, 6) is 0. The van der Waals surface area contributed by atoms with Crippen molar-refractivity contribution >= 4 is 0 Å². The van der Waals surface area contributed by atoms with Crippen LogP contribution in [0.5, 0.6) is 0 Å². The lowest BCUT2D eigenvalue weighted by atomic mass is 10.2. The zero-order valence-corrected chi connectivity index (χ0v) is 6.52. The van der Waals surface area contributed by atoms with Crippen molar-refractivity contribution in [3.63, 3.8) is 0 Å². The minimum absolute atomic E-state index is 1.11. The van der Waals surface area contributed by atoms with Crippen LogP contribution >= 0.6 is 0 Å². The van der Waals surface area contributed by atoms with Gasteiger partial charge in [-0.05, 0) is 6.42 Å². The summed E-state index contributed by atoms with van der Waals surface area (Å²) in [7, 11) is 1.71. The van der Waals surface area contributed by atoms with Gasteiger partial charge in [-0.25, -0.2) is 0 Å². The van der Waals surface area contributed by atoms with Crippen molar-refractivity contribution in [3.8, 4) is 0 Å². The van der Waals surface area contributed by atoms with Crippen molar-refractivity contribution in [3.05, 3.63) is 6.61 Å². The second-order valence-corrected chi connectivity index (χ2v) is 2.25. The summed E-state index contributed by atoms with van der Waals surface area (Å²) in [6.07, 6.45) is 6.40. The van der Waals surface area contributed by atoms with Crippen LogP contribution in [0.25, 0.3) is 0 Å². The average molecular weight is 129 g/mol. The monoisotopic (exact) mass is 129 g/mol. The van der Waals surface area contributed by atoms with Gasteiger partial charge < -0.3 is 4.74 Å². The molecule has 0 aromatic carbocycles. The molecule has 1 radical (unpaired) electrons. The number of ether oxygens (including phenoxy) is 1. The minimum Gasteiger partial charge on any atom is -0.379 e. The third-order valence-electron chi connectivity index (χ3n) is 1.34. The highest BCUT2D eigenvalue weighted by atomic mass is 16.5. The average Bonchev–Trinajstić information content (AvgIpc) is 1.89. The molecule has 0 N–H and O–H groups in total. The van der Waals surface area contributed by atoms with Gasteiger partial charge in [0.25, 0.3) is 0 Å². The minimum atomic E-state index is 1.11. The lowest BCUT2D eigenvalue weighted by Crippen LogP contribution is -1.80. The maximum Gasteiger partial charge on any atom is 0.0832 e. The van der Waals surface area contributed by atoms with Crippen LogP contribution in [0.3, 0.4) is 0 Å². The molecule has 0 spiro atoms. The molecule has 0 aliphatic rings. The molecule has 55 valence electrons. The fraction of sp³-hybridized carbons (Fsp3) is 0.875. The Kier molecular flexibility index (Phi) is 7.92. The van der Waals surface area contributed by atoms with Gasteiger partial charge in [-0.2, -0.15) is 0 Å². The summed E-state index contributed by atoms with van der Waals surface area (Å²) in [5, 5.41) is 0. The number of hydrogen-bond acceptors (Lipinski definition) is 1. The lowest BCUT2D eigenvalue weighted by molar-refractivity contribution is 0.262. The number of rotatable bonds is 6. The van der Waals surface area contributed by atoms with E-state index in [0.717, 1.165) is 6.42 Å². The van der Waals surface area contributed by atoms with Gasteiger partial charge >= 0.3 is 0 Å². The van der Waals surface area contributed by atoms with Gasteiger partial charge in [0.05, 0.1) is 6.61 Å². The van der Waals surface area contributed by atoms with Crippen LogP contribution in [0, 0.1) is 6.61 Å². The molecule has 0 saturated carbocycles. The second-order valence-electron chi connectivity index (χ2n) is 2.25. The van der Waals surface area contributed by atoms with Gasteiger partial charge in [-0.1, -0.05) is 32.6 Å². The standard InChI is InChI=1S/C8H17O/c1-3-4-5-6-7-8-9-2/h8H,3-7H2,1-2H3. The Bertz CT molecular complexity index is 37.8. The molecule has 0 aliphatic heterocycles. The van der Waals surface area contributed by atoms with Gasteiger partial charge in [0.15, 0.2) is 0 Å². The van der Waals surface area contributed by atoms with E-state index < -0.39 is 0 Å². The summed E-state index contributed by atoms with van der Waals surface area (Å²) in [4.78, 5) is 0. The summed E-state index contributed by atoms with van der Waals surface area (Å²) < 4.78 is 4.80. The van der Waals surface area contributed by atoms with Crippen molar-refractivity contribution in [1.29, 1.82) is 0 Å². The lowest BCUT2D eigenvalue weighted by Gasteiger charge is -1.96. The number of unbranched alkanes of at least 4 members (excludes halogenated alkanes) is 4. The van der Waals surface area contributed by atoms with E-state index in [1.54, 1.807) is 7.11 Å². The molecular weight excluding hydrogens is 112 g/mol. The molecule has 0 aromatic heterocycles. The highest BCUT2D eigenvalue weighted by molar-refractivity contribution is 4.49. The Morgan fingerprint density at radius 1 is 1.22 bits per heavy atom. The third kappa shape index (κ3) is 7.96. The van der Waals surface area contributed by atoms with E-state index in [4.69, 9.17) is 4.74 Å². The molecule has 0 fully saturated rings. The van der Waals surface area contributed by atoms with Crippen molar-refractivity contribution in [2.75, 3.05) is 7.11 Å². The molecule has 0 saturated heterocycles. The van der Waals surface area contributed by atoms with Crippen LogP contribution < -0.4 is 0 Å². The van der Waals surface area contributed by atoms with E-state index in [1.165, 1.54) is 25.7 Å². The van der Waals surface area contributed by atoms with Crippen molar-refractivity contribution in [1.82, 2.24) is 0 Å². The summed E-state index contributed by atoms with van der Waals surface area (Å²) in [5.41, 5.74) is 0. The van der Waals surface area contributed by atoms with E-state index in [2.05, 4.69) is 6.92 Å². The fourth-order valence-electron chi connectivity index (χ4n) is 0.772. The zero-order valence-electron chi connectivity index (χ0n) is 6.52. The van der Waals surface area contributed by atoms with E-state index in [0.29, 0.717) is 0 Å². The molecule has 0 rings (SSSR count). The first-order chi connectivity index (χ1) is 4.41. The van der Waals surface area contributed by atoms with Crippen molar-refractivity contribution in [2.24, 2.45) is 0 Å². The molecule has 0 aromatic rings. The normalized spacial score (nSPS) is 10.0. The fourth-order valence-corrected chi connectivity index (χ4v) is 0.772. The molecular formula is C8H17O. The molecule has 0 bridgehead atoms. The van der Waals surface area contributed by atoms with E-state index in [-0.39, 0.29) is 0 Å². The smallest absolute Gasteiger partial charge is 0.0832 e. The highest BCUT2D eigenvalue weighted by Crippen LogP contribution is 2.03. The largest absolute Gasteiger partial charge is 0.379 e. The van der Waals surface area contributed by atoms with Crippen LogP contribution in [0.1, 0.15) is 39.0 Å². The molecule has 1 nitrogen and oxygen atoms in total. The van der Waals surface area contributed by atoms with Crippen molar-refractivity contribution < 1.29 is 4.74 Å². The Hall–Kier alpha value is -0.0400. The molecule has 0 aliphatic carbocycles. The molecule has 0 atom stereocenters. The van der Waals surface area contributed by atoms with E-state index in [1.807, 2.05) is 6.61 Å². The van der Waals surface area contributed by atoms with Gasteiger partial charge in [-0.3, -0.25) is 0 Å². The van der Waals surface area contributed by atoms with E-state index in [9.17, 15) is 0 Å². The van der Waals surface area contributed by atoms with Crippen LogP contribution in [0.2, 0.25) is 0 Å². The molecule has 0 unspecified atom stereocenters. The highest BCUT2D eigenvalue weighted by Gasteiger charge is 1.86. The van der Waals surface area contributed by atoms with Crippen LogP contribution in [0.15, 0.2) is 0 Å². The Morgan fingerprint density at radius 3 is 2.56 bits per heavy atom. The molecule has 9 heavy (non-hydrogen) atoms. The first-order valence-corrected chi connectivity index (χ1v) is 3.76. The van der Waals surface area contributed by atoms with E-state index >= 15 is 0 Å². The Labute approximate surface area is 58.4 Å². The Morgan fingerprint density at radius 2 is 2.00 bits per heavy atom. The Balaban J connectivity index is 2.60. The number of methoxy groups -OCH3 is 1. The third-order valence-corrected chi connectivity index (χ3v) is 1.34. The van der Waals surface area contributed by atoms with Crippen LogP contribution in [-0.4, -0.2) is 7.11 Å². The zero-order chi connectivity index (χ0) is 6.95. The summed E-state index contributed by atoms with van der Waals surface area (Å²) >= 11 is 0. The molecule has 0 heterocycles. The first-order valence-electron chi connectivity index (χ1n) is 3.76. The SMILES string of the molecule is CCCCCC[CH]OC. The maximum absolute atomic E-state index is 4.80. The van der Waals surface area contributed by atoms with Crippen LogP contribution in [0.4, 0.5) is 0 Å². The second kappa shape index (κ2) is 7.96. The van der Waals surface area contributed by atoms with Gasteiger partial charge in [-0.15, -0.1) is 0 Å². The predicted molar refractivity (Wildman–Crippen MR) is 40.1 cm³/mol. The van der Waals surface area contributed by atoms with Crippen molar-refractivity contribution in [2.45, 2.75) is 39.0 Å². The quantitative estimate of drug-likeness (QED) is 0.501. The summed E-state index contributed by atoms with van der Waals surface area (Å²) in [6, 6.07) is 0. The summed E-state index contributed by atoms with van der Waals surface area (Å²) in [6.45, 7) is 4.09.